The first kappa shape index (κ1) is 10.8. The van der Waals surface area contributed by atoms with E-state index in [1.165, 1.54) is 0 Å². The smallest absolute Gasteiger partial charge is 0.232 e. The van der Waals surface area contributed by atoms with E-state index in [0.717, 1.165) is 13.0 Å². The van der Waals surface area contributed by atoms with Gasteiger partial charge in [0.15, 0.2) is 0 Å². The molecule has 1 unspecified atom stereocenters. The molecule has 0 aromatic heterocycles. The average molecular weight is 175 g/mol. The summed E-state index contributed by atoms with van der Waals surface area (Å²) in [5.74, 6) is 0.666. The van der Waals surface area contributed by atoms with E-state index in [2.05, 4.69) is 31.8 Å². The largest absolute Gasteiger partial charge is 0.355 e. The topological polar surface area (TPSA) is 29.1 Å². The van der Waals surface area contributed by atoms with E-state index in [1.54, 1.807) is 6.92 Å². The number of rotatable bonds is 4. The molecule has 0 heterocycles. The fourth-order valence-electron chi connectivity index (χ4n) is 0.632. The first-order valence-electron chi connectivity index (χ1n) is 3.99. The van der Waals surface area contributed by atoms with Crippen molar-refractivity contribution in [1.29, 1.82) is 0 Å². The zero-order chi connectivity index (χ0) is 8.85. The predicted molar refractivity (Wildman–Crippen MR) is 50.9 cm³/mol. The van der Waals surface area contributed by atoms with Crippen molar-refractivity contribution in [3.05, 3.63) is 0 Å². The molecule has 1 N–H and O–H groups in total. The molecule has 0 aromatic rings. The lowest BCUT2D eigenvalue weighted by atomic mass is 10.1. The van der Waals surface area contributed by atoms with Crippen molar-refractivity contribution in [2.24, 2.45) is 5.92 Å². The second kappa shape index (κ2) is 5.47. The normalized spacial score (nSPS) is 13.2. The lowest BCUT2D eigenvalue weighted by Crippen LogP contribution is -2.30. The average Bonchev–Trinajstić information content (AvgIpc) is 1.86. The van der Waals surface area contributed by atoms with E-state index < -0.39 is 0 Å². The molecule has 1 atom stereocenters. The maximum Gasteiger partial charge on any atom is 0.232 e. The van der Waals surface area contributed by atoms with Gasteiger partial charge in [0.25, 0.3) is 0 Å². The molecule has 0 aromatic carbocycles. The minimum atomic E-state index is -0.192. The number of thiol groups is 1. The molecule has 0 rings (SSSR count). The Bertz CT molecular complexity index is 123. The highest BCUT2D eigenvalue weighted by Crippen LogP contribution is 1.97. The number of hydrogen-bond acceptors (Lipinski definition) is 2. The SMILES string of the molecule is CC(C)CCNC(=O)C(C)S. The van der Waals surface area contributed by atoms with Gasteiger partial charge in [-0.05, 0) is 19.3 Å². The van der Waals surface area contributed by atoms with Crippen LogP contribution in [0.15, 0.2) is 0 Å². The van der Waals surface area contributed by atoms with Crippen LogP contribution in [0.25, 0.3) is 0 Å². The number of hydrogen-bond donors (Lipinski definition) is 2. The van der Waals surface area contributed by atoms with Crippen LogP contribution in [-0.2, 0) is 4.79 Å². The van der Waals surface area contributed by atoms with Gasteiger partial charge >= 0.3 is 0 Å². The third-order valence-corrected chi connectivity index (χ3v) is 1.63. The summed E-state index contributed by atoms with van der Waals surface area (Å²) in [6.45, 7) is 6.81. The molecule has 66 valence electrons. The summed E-state index contributed by atoms with van der Waals surface area (Å²) >= 11 is 4.01. The summed E-state index contributed by atoms with van der Waals surface area (Å²) in [5.41, 5.74) is 0. The second-order valence-corrected chi connectivity index (χ2v) is 3.92. The number of carbonyl (C=O) groups excluding carboxylic acids is 1. The maximum atomic E-state index is 10.9. The van der Waals surface area contributed by atoms with E-state index in [4.69, 9.17) is 0 Å². The lowest BCUT2D eigenvalue weighted by molar-refractivity contribution is -0.120. The fourth-order valence-corrected chi connectivity index (χ4v) is 0.723. The number of nitrogens with one attached hydrogen (secondary N) is 1. The van der Waals surface area contributed by atoms with Crippen molar-refractivity contribution in [3.63, 3.8) is 0 Å². The highest BCUT2D eigenvalue weighted by Gasteiger charge is 2.05. The van der Waals surface area contributed by atoms with Crippen molar-refractivity contribution in [2.75, 3.05) is 6.54 Å². The molecule has 1 amide bonds. The molecule has 2 nitrogen and oxygen atoms in total. The zero-order valence-electron chi connectivity index (χ0n) is 7.42. The van der Waals surface area contributed by atoms with Gasteiger partial charge in [0.1, 0.15) is 0 Å². The molecule has 0 bridgehead atoms. The Labute approximate surface area is 74.2 Å². The minimum Gasteiger partial charge on any atom is -0.355 e. The van der Waals surface area contributed by atoms with Crippen LogP contribution in [0.5, 0.6) is 0 Å². The van der Waals surface area contributed by atoms with Gasteiger partial charge in [0.05, 0.1) is 5.25 Å². The molecule has 0 saturated carbocycles. The Hall–Kier alpha value is -0.180. The van der Waals surface area contributed by atoms with Crippen LogP contribution in [-0.4, -0.2) is 17.7 Å². The quantitative estimate of drug-likeness (QED) is 0.622. The van der Waals surface area contributed by atoms with Gasteiger partial charge in [-0.3, -0.25) is 4.79 Å². The zero-order valence-corrected chi connectivity index (χ0v) is 8.32. The second-order valence-electron chi connectivity index (χ2n) is 3.15. The first-order valence-corrected chi connectivity index (χ1v) is 4.51. The number of amides is 1. The van der Waals surface area contributed by atoms with Crippen molar-refractivity contribution in [1.82, 2.24) is 5.32 Å². The van der Waals surface area contributed by atoms with E-state index in [9.17, 15) is 4.79 Å². The van der Waals surface area contributed by atoms with E-state index in [0.29, 0.717) is 5.92 Å². The summed E-state index contributed by atoms with van der Waals surface area (Å²) in [6, 6.07) is 0. The third kappa shape index (κ3) is 6.23. The van der Waals surface area contributed by atoms with Gasteiger partial charge in [-0.25, -0.2) is 0 Å². The van der Waals surface area contributed by atoms with Crippen LogP contribution in [0.1, 0.15) is 27.2 Å². The van der Waals surface area contributed by atoms with Gasteiger partial charge < -0.3 is 5.32 Å². The molecular weight excluding hydrogens is 158 g/mol. The molecule has 0 aliphatic rings. The first-order chi connectivity index (χ1) is 5.04. The molecule has 11 heavy (non-hydrogen) atoms. The highest BCUT2D eigenvalue weighted by molar-refractivity contribution is 7.81. The van der Waals surface area contributed by atoms with Crippen LogP contribution in [0, 0.1) is 5.92 Å². The summed E-state index contributed by atoms with van der Waals surface area (Å²) in [6.07, 6.45) is 1.03. The van der Waals surface area contributed by atoms with E-state index in [1.807, 2.05) is 0 Å². The van der Waals surface area contributed by atoms with Crippen molar-refractivity contribution < 1.29 is 4.79 Å². The molecule has 0 saturated heterocycles. The van der Waals surface area contributed by atoms with Crippen LogP contribution in [0.4, 0.5) is 0 Å². The van der Waals surface area contributed by atoms with E-state index >= 15 is 0 Å². The predicted octanol–water partition coefficient (Wildman–Crippen LogP) is 1.47. The fraction of sp³-hybridized carbons (Fsp3) is 0.875. The molecule has 0 aliphatic carbocycles. The Balaban J connectivity index is 3.32. The third-order valence-electron chi connectivity index (χ3n) is 1.40. The molecule has 0 radical (unpaired) electrons. The summed E-state index contributed by atoms with van der Waals surface area (Å²) < 4.78 is 0. The molecule has 0 fully saturated rings. The Kier molecular flexibility index (Phi) is 5.38. The summed E-state index contributed by atoms with van der Waals surface area (Å²) in [5, 5.41) is 2.61. The minimum absolute atomic E-state index is 0.0222. The summed E-state index contributed by atoms with van der Waals surface area (Å²) in [7, 11) is 0. The molecule has 3 heteroatoms. The van der Waals surface area contributed by atoms with Crippen molar-refractivity contribution in [3.8, 4) is 0 Å². The standard InChI is InChI=1S/C8H17NOS/c1-6(2)4-5-9-8(10)7(3)11/h6-7,11H,4-5H2,1-3H3,(H,9,10). The Morgan fingerprint density at radius 3 is 2.36 bits per heavy atom. The molecule has 0 spiro atoms. The lowest BCUT2D eigenvalue weighted by Gasteiger charge is -2.08. The van der Waals surface area contributed by atoms with Gasteiger partial charge in [-0.1, -0.05) is 13.8 Å². The number of carbonyl (C=O) groups is 1. The van der Waals surface area contributed by atoms with Crippen LogP contribution < -0.4 is 5.32 Å². The highest BCUT2D eigenvalue weighted by atomic mass is 32.1. The Morgan fingerprint density at radius 1 is 1.45 bits per heavy atom. The van der Waals surface area contributed by atoms with Crippen LogP contribution in [0.2, 0.25) is 0 Å². The van der Waals surface area contributed by atoms with Gasteiger partial charge in [0.2, 0.25) is 5.91 Å². The van der Waals surface area contributed by atoms with Gasteiger partial charge in [-0.2, -0.15) is 12.6 Å². The maximum absolute atomic E-state index is 10.9. The Morgan fingerprint density at radius 2 is 2.00 bits per heavy atom. The van der Waals surface area contributed by atoms with Crippen molar-refractivity contribution >= 4 is 18.5 Å². The van der Waals surface area contributed by atoms with Crippen LogP contribution >= 0.6 is 12.6 Å². The molecule has 0 aliphatic heterocycles. The summed E-state index contributed by atoms with van der Waals surface area (Å²) in [4.78, 5) is 10.9. The van der Waals surface area contributed by atoms with Crippen LogP contribution in [0.3, 0.4) is 0 Å². The van der Waals surface area contributed by atoms with Gasteiger partial charge in [-0.15, -0.1) is 0 Å². The van der Waals surface area contributed by atoms with Gasteiger partial charge in [0, 0.05) is 6.54 Å². The van der Waals surface area contributed by atoms with E-state index in [-0.39, 0.29) is 11.2 Å². The van der Waals surface area contributed by atoms with Crippen molar-refractivity contribution in [2.45, 2.75) is 32.4 Å². The molecular formula is C8H17NOS. The monoisotopic (exact) mass is 175 g/mol.